The third-order valence-corrected chi connectivity index (χ3v) is 5.81. The van der Waals surface area contributed by atoms with E-state index in [1.807, 2.05) is 6.92 Å². The molecule has 0 bridgehead atoms. The third-order valence-electron chi connectivity index (χ3n) is 4.11. The zero-order valence-corrected chi connectivity index (χ0v) is 16.0. The van der Waals surface area contributed by atoms with Gasteiger partial charge >= 0.3 is 0 Å². The fraction of sp³-hybridized carbons (Fsp3) is 0.333. The van der Waals surface area contributed by atoms with E-state index in [1.54, 1.807) is 19.1 Å². The first kappa shape index (κ1) is 19.3. The van der Waals surface area contributed by atoms with Crippen molar-refractivity contribution in [2.45, 2.75) is 37.7 Å². The molecule has 3 rings (SSSR count). The average molecular weight is 401 g/mol. The summed E-state index contributed by atoms with van der Waals surface area (Å²) in [6.07, 6.45) is -1.19. The summed E-state index contributed by atoms with van der Waals surface area (Å²) < 4.78 is 55.5. The summed E-state index contributed by atoms with van der Waals surface area (Å²) >= 11 is 5.75. The minimum absolute atomic E-state index is 0.0537. The van der Waals surface area contributed by atoms with E-state index in [2.05, 4.69) is 0 Å². The molecule has 26 heavy (non-hydrogen) atoms. The summed E-state index contributed by atoms with van der Waals surface area (Å²) in [5.74, 6) is -2.09. The lowest BCUT2D eigenvalue weighted by Crippen LogP contribution is -2.27. The predicted octanol–water partition coefficient (Wildman–Crippen LogP) is 4.05. The van der Waals surface area contributed by atoms with Crippen molar-refractivity contribution in [3.8, 4) is 0 Å². The van der Waals surface area contributed by atoms with Gasteiger partial charge in [0.1, 0.15) is 12.4 Å². The molecule has 140 valence electrons. The lowest BCUT2D eigenvalue weighted by atomic mass is 10.1. The van der Waals surface area contributed by atoms with Crippen LogP contribution in [0, 0.1) is 19.7 Å². The second-order valence-corrected chi connectivity index (χ2v) is 8.22. The summed E-state index contributed by atoms with van der Waals surface area (Å²) in [4.78, 5) is 0.0537. The van der Waals surface area contributed by atoms with Crippen LogP contribution in [0.4, 0.5) is 4.39 Å². The Bertz CT molecular complexity index is 947. The first-order valence-corrected chi connectivity index (χ1v) is 9.67. The maximum atomic E-state index is 14.2. The van der Waals surface area contributed by atoms with Gasteiger partial charge in [0, 0.05) is 10.6 Å². The SMILES string of the molecule is Cc1ccc(S(=O)(=O)OC2COC(C)(c3ccc(Cl)cc3F)O2)c(C)c1. The van der Waals surface area contributed by atoms with Gasteiger partial charge in [-0.1, -0.05) is 29.3 Å². The molecule has 0 radical (unpaired) electrons. The molecule has 1 saturated heterocycles. The molecule has 2 unspecified atom stereocenters. The maximum absolute atomic E-state index is 14.2. The predicted molar refractivity (Wildman–Crippen MR) is 93.8 cm³/mol. The minimum atomic E-state index is -4.06. The van der Waals surface area contributed by atoms with Gasteiger partial charge in [-0.25, -0.2) is 8.57 Å². The summed E-state index contributed by atoms with van der Waals surface area (Å²) in [5, 5.41) is 0.234. The molecule has 1 aliphatic rings. The number of hydrogen-bond donors (Lipinski definition) is 0. The van der Waals surface area contributed by atoms with Gasteiger partial charge < -0.3 is 9.47 Å². The van der Waals surface area contributed by atoms with Gasteiger partial charge in [-0.05, 0) is 50.6 Å². The van der Waals surface area contributed by atoms with E-state index in [0.29, 0.717) is 5.56 Å². The van der Waals surface area contributed by atoms with Crippen LogP contribution in [-0.2, 0) is 29.6 Å². The van der Waals surface area contributed by atoms with Crippen LogP contribution in [-0.4, -0.2) is 21.3 Å². The van der Waals surface area contributed by atoms with Crippen molar-refractivity contribution in [1.29, 1.82) is 0 Å². The smallest absolute Gasteiger partial charge is 0.299 e. The second kappa shape index (κ2) is 6.90. The number of hydrogen-bond acceptors (Lipinski definition) is 5. The Morgan fingerprint density at radius 2 is 1.96 bits per heavy atom. The molecule has 1 heterocycles. The molecule has 2 aromatic rings. The molecular formula is C18H18ClFO5S. The monoisotopic (exact) mass is 400 g/mol. The van der Waals surface area contributed by atoms with Crippen LogP contribution in [0.25, 0.3) is 0 Å². The number of halogens is 2. The lowest BCUT2D eigenvalue weighted by molar-refractivity contribution is -0.188. The molecule has 0 amide bonds. The van der Waals surface area contributed by atoms with Gasteiger partial charge in [0.05, 0.1) is 4.90 Å². The van der Waals surface area contributed by atoms with Crippen LogP contribution in [0.2, 0.25) is 5.02 Å². The molecule has 0 aromatic heterocycles. The third kappa shape index (κ3) is 3.77. The second-order valence-electron chi connectivity index (χ2n) is 6.25. The first-order chi connectivity index (χ1) is 12.1. The van der Waals surface area contributed by atoms with Crippen LogP contribution in [0.15, 0.2) is 41.3 Å². The molecule has 5 nitrogen and oxygen atoms in total. The van der Waals surface area contributed by atoms with E-state index in [4.69, 9.17) is 25.3 Å². The molecular weight excluding hydrogens is 383 g/mol. The van der Waals surface area contributed by atoms with Crippen LogP contribution >= 0.6 is 11.6 Å². The largest absolute Gasteiger partial charge is 0.341 e. The summed E-state index contributed by atoms with van der Waals surface area (Å²) in [6, 6.07) is 8.97. The first-order valence-electron chi connectivity index (χ1n) is 7.88. The van der Waals surface area contributed by atoms with E-state index >= 15 is 0 Å². The Kier molecular flexibility index (Phi) is 5.11. The van der Waals surface area contributed by atoms with Crippen molar-refractivity contribution >= 4 is 21.7 Å². The average Bonchev–Trinajstić information content (AvgIpc) is 2.87. The Balaban J connectivity index is 1.80. The van der Waals surface area contributed by atoms with Crippen molar-refractivity contribution in [2.75, 3.05) is 6.61 Å². The zero-order valence-electron chi connectivity index (χ0n) is 14.5. The van der Waals surface area contributed by atoms with Crippen LogP contribution < -0.4 is 0 Å². The van der Waals surface area contributed by atoms with Gasteiger partial charge in [0.25, 0.3) is 10.1 Å². The van der Waals surface area contributed by atoms with Crippen molar-refractivity contribution < 1.29 is 26.5 Å². The number of ether oxygens (including phenoxy) is 2. The normalized spacial score (nSPS) is 23.3. The Hall–Kier alpha value is -1.51. The van der Waals surface area contributed by atoms with E-state index in [9.17, 15) is 12.8 Å². The summed E-state index contributed by atoms with van der Waals surface area (Å²) in [7, 11) is -4.06. The lowest BCUT2D eigenvalue weighted by Gasteiger charge is -2.24. The fourth-order valence-corrected chi connectivity index (χ4v) is 4.19. The van der Waals surface area contributed by atoms with E-state index in [-0.39, 0.29) is 22.1 Å². The molecule has 1 aliphatic heterocycles. The molecule has 8 heteroatoms. The van der Waals surface area contributed by atoms with Gasteiger partial charge in [0.15, 0.2) is 5.79 Å². The van der Waals surface area contributed by atoms with Gasteiger partial charge in [0.2, 0.25) is 6.29 Å². The highest BCUT2D eigenvalue weighted by Gasteiger charge is 2.43. The standard InChI is InChI=1S/C18H18ClFO5S/c1-11-4-7-16(12(2)8-11)26(21,22)25-17-10-23-18(3,24-17)14-6-5-13(19)9-15(14)20/h4-9,17H,10H2,1-3H3. The fourth-order valence-electron chi connectivity index (χ4n) is 2.87. The summed E-state index contributed by atoms with van der Waals surface area (Å²) in [6.45, 7) is 4.88. The van der Waals surface area contributed by atoms with Gasteiger partial charge in [-0.15, -0.1) is 0 Å². The topological polar surface area (TPSA) is 61.8 Å². The van der Waals surface area contributed by atoms with Crippen molar-refractivity contribution in [1.82, 2.24) is 0 Å². The van der Waals surface area contributed by atoms with Crippen molar-refractivity contribution in [2.24, 2.45) is 0 Å². The minimum Gasteiger partial charge on any atom is -0.341 e. The highest BCUT2D eigenvalue weighted by molar-refractivity contribution is 7.86. The molecule has 0 spiro atoms. The highest BCUT2D eigenvalue weighted by atomic mass is 35.5. The van der Waals surface area contributed by atoms with E-state index in [1.165, 1.54) is 25.1 Å². The van der Waals surface area contributed by atoms with E-state index in [0.717, 1.165) is 11.6 Å². The van der Waals surface area contributed by atoms with Crippen LogP contribution in [0.1, 0.15) is 23.6 Å². The van der Waals surface area contributed by atoms with Crippen LogP contribution in [0.3, 0.4) is 0 Å². The molecule has 1 fully saturated rings. The zero-order chi connectivity index (χ0) is 19.1. The van der Waals surface area contributed by atoms with Crippen molar-refractivity contribution in [3.63, 3.8) is 0 Å². The van der Waals surface area contributed by atoms with Crippen molar-refractivity contribution in [3.05, 3.63) is 63.9 Å². The number of rotatable bonds is 4. The quantitative estimate of drug-likeness (QED) is 0.724. The molecule has 2 atom stereocenters. The highest BCUT2D eigenvalue weighted by Crippen LogP contribution is 2.37. The van der Waals surface area contributed by atoms with Crippen LogP contribution in [0.5, 0.6) is 0 Å². The molecule has 2 aromatic carbocycles. The Morgan fingerprint density at radius 1 is 1.23 bits per heavy atom. The van der Waals surface area contributed by atoms with Gasteiger partial charge in [-0.2, -0.15) is 8.42 Å². The molecule has 0 N–H and O–H groups in total. The van der Waals surface area contributed by atoms with Gasteiger partial charge in [-0.3, -0.25) is 0 Å². The summed E-state index contributed by atoms with van der Waals surface area (Å²) in [5.41, 5.74) is 1.61. The number of benzene rings is 2. The molecule has 0 saturated carbocycles. The van der Waals surface area contributed by atoms with E-state index < -0.39 is 28.0 Å². The number of aryl methyl sites for hydroxylation is 2. The Labute approximate surface area is 156 Å². The Morgan fingerprint density at radius 3 is 2.62 bits per heavy atom. The molecule has 0 aliphatic carbocycles. The maximum Gasteiger partial charge on any atom is 0.299 e.